The van der Waals surface area contributed by atoms with Crippen LogP contribution in [-0.2, 0) is 4.74 Å². The molecule has 0 N–H and O–H groups in total. The van der Waals surface area contributed by atoms with E-state index in [-0.39, 0.29) is 6.23 Å². The molecule has 0 aromatic heterocycles. The zero-order chi connectivity index (χ0) is 9.42. The lowest BCUT2D eigenvalue weighted by Crippen LogP contribution is -2.18. The molecule has 70 valence electrons. The van der Waals surface area contributed by atoms with Crippen molar-refractivity contribution >= 4 is 6.21 Å². The molecule has 0 saturated heterocycles. The fraction of sp³-hybridized carbons (Fsp3) is 0.545. The Labute approximate surface area is 79.0 Å². The fourth-order valence-electron chi connectivity index (χ4n) is 2.04. The van der Waals surface area contributed by atoms with Crippen molar-refractivity contribution in [1.82, 2.24) is 0 Å². The van der Waals surface area contributed by atoms with Crippen molar-refractivity contribution in [3.05, 3.63) is 23.0 Å². The third-order valence-corrected chi connectivity index (χ3v) is 2.71. The highest BCUT2D eigenvalue weighted by Crippen LogP contribution is 2.36. The van der Waals surface area contributed by atoms with Crippen molar-refractivity contribution in [3.8, 4) is 0 Å². The van der Waals surface area contributed by atoms with Crippen LogP contribution in [0.2, 0.25) is 0 Å². The summed E-state index contributed by atoms with van der Waals surface area (Å²) in [6.45, 7) is 6.29. The largest absolute Gasteiger partial charge is 0.472 e. The van der Waals surface area contributed by atoms with Gasteiger partial charge in [-0.25, -0.2) is 4.99 Å². The van der Waals surface area contributed by atoms with Gasteiger partial charge in [0.25, 0.3) is 0 Å². The molecule has 2 rings (SSSR count). The van der Waals surface area contributed by atoms with Gasteiger partial charge in [0, 0.05) is 6.21 Å². The number of rotatable bonds is 1. The molecule has 2 nitrogen and oxygen atoms in total. The predicted octanol–water partition coefficient (Wildman–Crippen LogP) is 2.67. The quantitative estimate of drug-likeness (QED) is 0.603. The minimum atomic E-state index is 0.0265. The van der Waals surface area contributed by atoms with Crippen LogP contribution in [0.1, 0.15) is 27.2 Å². The first-order chi connectivity index (χ1) is 6.22. The highest BCUT2D eigenvalue weighted by atomic mass is 16.5. The molecule has 13 heavy (non-hydrogen) atoms. The Kier molecular flexibility index (Phi) is 1.98. The molecule has 0 bridgehead atoms. The number of dihydropyridines is 1. The molecule has 2 heteroatoms. The summed E-state index contributed by atoms with van der Waals surface area (Å²) in [6.07, 6.45) is 5.24. The standard InChI is InChI=1S/C11H15NO/c1-4-9-8(3)13-11-10(9)5-7(2)6-12-11/h5-6,10-11H,4H2,1-3H3. The molecule has 0 radical (unpaired) electrons. The SMILES string of the molecule is CCC1=C(C)OC2N=CC(C)=CC12. The summed E-state index contributed by atoms with van der Waals surface area (Å²) in [5.74, 6) is 1.47. The first-order valence-corrected chi connectivity index (χ1v) is 4.80. The molecule has 0 spiro atoms. The lowest BCUT2D eigenvalue weighted by molar-refractivity contribution is 0.133. The van der Waals surface area contributed by atoms with Crippen molar-refractivity contribution in [2.75, 3.05) is 0 Å². The summed E-state index contributed by atoms with van der Waals surface area (Å²) in [7, 11) is 0. The minimum absolute atomic E-state index is 0.0265. The van der Waals surface area contributed by atoms with Gasteiger partial charge in [-0.15, -0.1) is 0 Å². The molecule has 2 aliphatic heterocycles. The van der Waals surface area contributed by atoms with Gasteiger partial charge in [0.1, 0.15) is 0 Å². The third kappa shape index (κ3) is 1.30. The maximum absolute atomic E-state index is 5.65. The van der Waals surface area contributed by atoms with Crippen LogP contribution in [0.5, 0.6) is 0 Å². The summed E-state index contributed by atoms with van der Waals surface area (Å²) in [5.41, 5.74) is 2.65. The van der Waals surface area contributed by atoms with Gasteiger partial charge in [0.2, 0.25) is 0 Å². The van der Waals surface area contributed by atoms with E-state index >= 15 is 0 Å². The second kappa shape index (κ2) is 3.02. The van der Waals surface area contributed by atoms with E-state index in [1.807, 2.05) is 13.1 Å². The van der Waals surface area contributed by atoms with Crippen molar-refractivity contribution in [1.29, 1.82) is 0 Å². The van der Waals surface area contributed by atoms with E-state index in [2.05, 4.69) is 24.9 Å². The molecule has 0 amide bonds. The second-order valence-electron chi connectivity index (χ2n) is 3.66. The number of hydrogen-bond acceptors (Lipinski definition) is 2. The molecular formula is C11H15NO. The Bertz CT molecular complexity index is 312. The van der Waals surface area contributed by atoms with Crippen molar-refractivity contribution < 1.29 is 4.74 Å². The summed E-state index contributed by atoms with van der Waals surface area (Å²) in [4.78, 5) is 4.36. The normalized spacial score (nSPS) is 31.5. The first kappa shape index (κ1) is 8.54. The monoisotopic (exact) mass is 177 g/mol. The number of nitrogens with zero attached hydrogens (tertiary/aromatic N) is 1. The van der Waals surface area contributed by atoms with Crippen LogP contribution in [0.3, 0.4) is 0 Å². The topological polar surface area (TPSA) is 21.6 Å². The summed E-state index contributed by atoms with van der Waals surface area (Å²) in [5, 5.41) is 0. The number of ether oxygens (including phenoxy) is 1. The third-order valence-electron chi connectivity index (χ3n) is 2.71. The van der Waals surface area contributed by atoms with Crippen LogP contribution in [0.15, 0.2) is 28.0 Å². The second-order valence-corrected chi connectivity index (χ2v) is 3.66. The van der Waals surface area contributed by atoms with Gasteiger partial charge >= 0.3 is 0 Å². The molecular weight excluding hydrogens is 162 g/mol. The maximum atomic E-state index is 5.65. The van der Waals surface area contributed by atoms with Gasteiger partial charge in [0.05, 0.1) is 11.7 Å². The number of allylic oxidation sites excluding steroid dienone is 2. The average molecular weight is 177 g/mol. The molecule has 0 aliphatic carbocycles. The van der Waals surface area contributed by atoms with Crippen molar-refractivity contribution in [3.63, 3.8) is 0 Å². The zero-order valence-electron chi connectivity index (χ0n) is 8.37. The first-order valence-electron chi connectivity index (χ1n) is 4.80. The van der Waals surface area contributed by atoms with E-state index < -0.39 is 0 Å². The highest BCUT2D eigenvalue weighted by molar-refractivity contribution is 5.79. The van der Waals surface area contributed by atoms with Crippen LogP contribution in [-0.4, -0.2) is 12.4 Å². The number of aliphatic imine (C=N–C) groups is 1. The Morgan fingerprint density at radius 2 is 2.23 bits per heavy atom. The van der Waals surface area contributed by atoms with Crippen LogP contribution >= 0.6 is 0 Å². The van der Waals surface area contributed by atoms with Gasteiger partial charge in [-0.2, -0.15) is 0 Å². The van der Waals surface area contributed by atoms with Crippen LogP contribution in [0, 0.1) is 5.92 Å². The van der Waals surface area contributed by atoms with E-state index in [9.17, 15) is 0 Å². The zero-order valence-corrected chi connectivity index (χ0v) is 8.37. The smallest absolute Gasteiger partial charge is 0.199 e. The van der Waals surface area contributed by atoms with Gasteiger partial charge < -0.3 is 4.74 Å². The summed E-state index contributed by atoms with van der Waals surface area (Å²) < 4.78 is 5.65. The molecule has 0 aromatic rings. The number of hydrogen-bond donors (Lipinski definition) is 0. The van der Waals surface area contributed by atoms with E-state index in [4.69, 9.17) is 4.74 Å². The average Bonchev–Trinajstić information content (AvgIpc) is 2.40. The Morgan fingerprint density at radius 3 is 2.92 bits per heavy atom. The summed E-state index contributed by atoms with van der Waals surface area (Å²) in [6, 6.07) is 0. The number of fused-ring (bicyclic) bond motifs is 1. The van der Waals surface area contributed by atoms with E-state index in [0.717, 1.165) is 12.2 Å². The van der Waals surface area contributed by atoms with Crippen LogP contribution in [0.25, 0.3) is 0 Å². The lowest BCUT2D eigenvalue weighted by atomic mass is 9.93. The molecule has 2 aliphatic rings. The molecule has 0 fully saturated rings. The van der Waals surface area contributed by atoms with Gasteiger partial charge in [-0.3, -0.25) is 0 Å². The van der Waals surface area contributed by atoms with E-state index in [1.54, 1.807) is 0 Å². The molecule has 0 saturated carbocycles. The maximum Gasteiger partial charge on any atom is 0.199 e. The van der Waals surface area contributed by atoms with Gasteiger partial charge in [-0.1, -0.05) is 13.0 Å². The highest BCUT2D eigenvalue weighted by Gasteiger charge is 2.33. The minimum Gasteiger partial charge on any atom is -0.472 e. The van der Waals surface area contributed by atoms with E-state index in [0.29, 0.717) is 5.92 Å². The molecule has 2 heterocycles. The molecule has 2 unspecified atom stereocenters. The summed E-state index contributed by atoms with van der Waals surface area (Å²) >= 11 is 0. The molecule has 2 atom stereocenters. The molecule has 0 aromatic carbocycles. The van der Waals surface area contributed by atoms with Crippen molar-refractivity contribution in [2.24, 2.45) is 10.9 Å². The van der Waals surface area contributed by atoms with Crippen LogP contribution in [0.4, 0.5) is 0 Å². The fourth-order valence-corrected chi connectivity index (χ4v) is 2.04. The Hall–Kier alpha value is -1.05. The van der Waals surface area contributed by atoms with Gasteiger partial charge in [0.15, 0.2) is 6.23 Å². The Balaban J connectivity index is 2.31. The lowest BCUT2D eigenvalue weighted by Gasteiger charge is -2.17. The van der Waals surface area contributed by atoms with E-state index in [1.165, 1.54) is 11.1 Å². The predicted molar refractivity (Wildman–Crippen MR) is 53.6 cm³/mol. The Morgan fingerprint density at radius 1 is 1.46 bits per heavy atom. The van der Waals surface area contributed by atoms with Gasteiger partial charge in [-0.05, 0) is 31.4 Å². The van der Waals surface area contributed by atoms with Crippen LogP contribution < -0.4 is 0 Å². The van der Waals surface area contributed by atoms with Crippen molar-refractivity contribution in [2.45, 2.75) is 33.4 Å².